The molecule has 4 fully saturated rings. The van der Waals surface area contributed by atoms with Crippen LogP contribution in [-0.4, -0.2) is 29.9 Å². The van der Waals surface area contributed by atoms with E-state index in [0.29, 0.717) is 0 Å². The van der Waals surface area contributed by atoms with Gasteiger partial charge < -0.3 is 4.90 Å². The average molecular weight is 272 g/mol. The van der Waals surface area contributed by atoms with Crippen LogP contribution >= 0.6 is 15.9 Å². The first-order valence-electron chi connectivity index (χ1n) is 6.67. The van der Waals surface area contributed by atoms with E-state index in [2.05, 4.69) is 20.8 Å². The molecule has 2 atom stereocenters. The van der Waals surface area contributed by atoms with E-state index in [0.717, 1.165) is 23.7 Å². The van der Waals surface area contributed by atoms with Crippen LogP contribution in [0.2, 0.25) is 0 Å². The Labute approximate surface area is 102 Å². The third-order valence-electron chi connectivity index (χ3n) is 5.12. The molecular weight excluding hydrogens is 250 g/mol. The zero-order valence-electron chi connectivity index (χ0n) is 9.50. The topological polar surface area (TPSA) is 3.24 Å². The Balaban J connectivity index is 1.63. The van der Waals surface area contributed by atoms with E-state index in [1.807, 2.05) is 0 Å². The van der Waals surface area contributed by atoms with E-state index in [-0.39, 0.29) is 0 Å². The molecule has 3 saturated carbocycles. The standard InChI is InChI=1S/C13H22BrN/c14-6-1-7-15-8-12-10-2-3-11(5-4-10)13(12)9-15/h10-13H,1-9H2/t10?,11?,12-,13+. The van der Waals surface area contributed by atoms with E-state index in [1.165, 1.54) is 31.4 Å². The molecule has 15 heavy (non-hydrogen) atoms. The van der Waals surface area contributed by atoms with Crippen LogP contribution in [-0.2, 0) is 0 Å². The third kappa shape index (κ3) is 1.88. The molecule has 2 bridgehead atoms. The number of rotatable bonds is 3. The van der Waals surface area contributed by atoms with Crippen LogP contribution in [0.3, 0.4) is 0 Å². The zero-order chi connectivity index (χ0) is 10.3. The molecule has 1 saturated heterocycles. The molecule has 0 radical (unpaired) electrons. The molecule has 0 aromatic carbocycles. The van der Waals surface area contributed by atoms with E-state index >= 15 is 0 Å². The Morgan fingerprint density at radius 2 is 1.47 bits per heavy atom. The highest BCUT2D eigenvalue weighted by Gasteiger charge is 2.47. The smallest absolute Gasteiger partial charge is 0.00434 e. The lowest BCUT2D eigenvalue weighted by atomic mass is 9.60. The Kier molecular flexibility index (Phi) is 3.08. The van der Waals surface area contributed by atoms with Gasteiger partial charge in [0, 0.05) is 18.4 Å². The quantitative estimate of drug-likeness (QED) is 0.713. The van der Waals surface area contributed by atoms with Crippen LogP contribution in [0.15, 0.2) is 0 Å². The number of hydrogen-bond acceptors (Lipinski definition) is 1. The molecule has 86 valence electrons. The molecule has 0 unspecified atom stereocenters. The van der Waals surface area contributed by atoms with Gasteiger partial charge >= 0.3 is 0 Å². The van der Waals surface area contributed by atoms with E-state index in [9.17, 15) is 0 Å². The van der Waals surface area contributed by atoms with Crippen LogP contribution in [0.25, 0.3) is 0 Å². The monoisotopic (exact) mass is 271 g/mol. The maximum absolute atomic E-state index is 3.54. The molecular formula is C13H22BrN. The number of likely N-dealkylation sites (tertiary alicyclic amines) is 1. The number of fused-ring (bicyclic) bond motifs is 2. The fourth-order valence-electron chi connectivity index (χ4n) is 4.41. The number of hydrogen-bond donors (Lipinski definition) is 0. The molecule has 0 spiro atoms. The Morgan fingerprint density at radius 1 is 0.933 bits per heavy atom. The second kappa shape index (κ2) is 4.37. The molecule has 0 aromatic rings. The van der Waals surface area contributed by atoms with Crippen LogP contribution in [0.5, 0.6) is 0 Å². The molecule has 4 rings (SSSR count). The van der Waals surface area contributed by atoms with E-state index in [1.54, 1.807) is 25.7 Å². The number of alkyl halides is 1. The fourth-order valence-corrected chi connectivity index (χ4v) is 4.66. The van der Waals surface area contributed by atoms with Gasteiger partial charge in [-0.15, -0.1) is 0 Å². The lowest BCUT2D eigenvalue weighted by Gasteiger charge is -2.45. The second-order valence-corrected chi connectivity index (χ2v) is 6.60. The van der Waals surface area contributed by atoms with Gasteiger partial charge in [-0.25, -0.2) is 0 Å². The van der Waals surface area contributed by atoms with Gasteiger partial charge in [0.1, 0.15) is 0 Å². The van der Waals surface area contributed by atoms with Gasteiger partial charge in [0.25, 0.3) is 0 Å². The van der Waals surface area contributed by atoms with Gasteiger partial charge in [0.05, 0.1) is 0 Å². The summed E-state index contributed by atoms with van der Waals surface area (Å²) in [5, 5.41) is 1.17. The second-order valence-electron chi connectivity index (χ2n) is 5.80. The molecule has 3 aliphatic carbocycles. The van der Waals surface area contributed by atoms with Crippen molar-refractivity contribution < 1.29 is 0 Å². The summed E-state index contributed by atoms with van der Waals surface area (Å²) >= 11 is 3.54. The third-order valence-corrected chi connectivity index (χ3v) is 5.68. The van der Waals surface area contributed by atoms with Gasteiger partial charge in [-0.2, -0.15) is 0 Å². The normalized spacial score (nSPS) is 44.6. The van der Waals surface area contributed by atoms with Gasteiger partial charge in [-0.05, 0) is 62.3 Å². The lowest BCUT2D eigenvalue weighted by Crippen LogP contribution is -2.38. The first-order valence-corrected chi connectivity index (χ1v) is 7.79. The predicted molar refractivity (Wildman–Crippen MR) is 67.3 cm³/mol. The highest BCUT2D eigenvalue weighted by atomic mass is 79.9. The highest BCUT2D eigenvalue weighted by molar-refractivity contribution is 9.09. The maximum Gasteiger partial charge on any atom is 0.00434 e. The predicted octanol–water partition coefficient (Wildman–Crippen LogP) is 3.14. The van der Waals surface area contributed by atoms with E-state index in [4.69, 9.17) is 0 Å². The summed E-state index contributed by atoms with van der Waals surface area (Å²) in [7, 11) is 0. The Bertz CT molecular complexity index is 203. The first-order chi connectivity index (χ1) is 7.38. The minimum Gasteiger partial charge on any atom is -0.303 e. The average Bonchev–Trinajstić information content (AvgIpc) is 2.73. The number of nitrogens with zero attached hydrogens (tertiary/aromatic N) is 1. The summed E-state index contributed by atoms with van der Waals surface area (Å²) in [6.07, 6.45) is 7.54. The Hall–Kier alpha value is 0.440. The van der Waals surface area contributed by atoms with Crippen molar-refractivity contribution >= 4 is 15.9 Å². The van der Waals surface area contributed by atoms with Crippen molar-refractivity contribution in [3.8, 4) is 0 Å². The van der Waals surface area contributed by atoms with Gasteiger partial charge in [0.2, 0.25) is 0 Å². The van der Waals surface area contributed by atoms with Gasteiger partial charge in [-0.3, -0.25) is 0 Å². The Morgan fingerprint density at radius 3 is 1.93 bits per heavy atom. The van der Waals surface area contributed by atoms with E-state index < -0.39 is 0 Å². The van der Waals surface area contributed by atoms with Gasteiger partial charge in [-0.1, -0.05) is 15.9 Å². The summed E-state index contributed by atoms with van der Waals surface area (Å²) < 4.78 is 0. The van der Waals surface area contributed by atoms with Crippen molar-refractivity contribution in [2.45, 2.75) is 32.1 Å². The molecule has 0 amide bonds. The SMILES string of the molecule is BrCCCN1C[C@@H]2C3CCC(CC3)[C@@H]2C1. The van der Waals surface area contributed by atoms with Crippen molar-refractivity contribution in [2.24, 2.45) is 23.7 Å². The largest absolute Gasteiger partial charge is 0.303 e. The molecule has 0 aromatic heterocycles. The first kappa shape index (κ1) is 10.6. The van der Waals surface area contributed by atoms with Crippen LogP contribution in [0.1, 0.15) is 32.1 Å². The van der Waals surface area contributed by atoms with Crippen LogP contribution < -0.4 is 0 Å². The summed E-state index contributed by atoms with van der Waals surface area (Å²) in [6, 6.07) is 0. The molecule has 0 N–H and O–H groups in total. The minimum absolute atomic E-state index is 1.09. The van der Waals surface area contributed by atoms with Crippen LogP contribution in [0, 0.1) is 23.7 Å². The van der Waals surface area contributed by atoms with Crippen molar-refractivity contribution in [2.75, 3.05) is 25.0 Å². The van der Waals surface area contributed by atoms with Gasteiger partial charge in [0.15, 0.2) is 0 Å². The highest BCUT2D eigenvalue weighted by Crippen LogP contribution is 2.51. The molecule has 2 heteroatoms. The van der Waals surface area contributed by atoms with Crippen LogP contribution in [0.4, 0.5) is 0 Å². The summed E-state index contributed by atoms with van der Waals surface area (Å²) in [6.45, 7) is 4.19. The molecule has 1 heterocycles. The zero-order valence-corrected chi connectivity index (χ0v) is 11.1. The summed E-state index contributed by atoms with van der Waals surface area (Å²) in [5.74, 6) is 4.39. The van der Waals surface area contributed by atoms with Crippen molar-refractivity contribution in [3.63, 3.8) is 0 Å². The van der Waals surface area contributed by atoms with Crippen molar-refractivity contribution in [1.82, 2.24) is 4.90 Å². The fraction of sp³-hybridized carbons (Fsp3) is 1.00. The molecule has 4 aliphatic rings. The molecule has 1 aliphatic heterocycles. The summed E-state index contributed by atoms with van der Waals surface area (Å²) in [5.41, 5.74) is 0. The lowest BCUT2D eigenvalue weighted by molar-refractivity contribution is 0.0577. The minimum atomic E-state index is 1.09. The maximum atomic E-state index is 3.54. The number of halogens is 1. The summed E-state index contributed by atoms with van der Waals surface area (Å²) in [4.78, 5) is 2.74. The van der Waals surface area contributed by atoms with Crippen molar-refractivity contribution in [1.29, 1.82) is 0 Å². The van der Waals surface area contributed by atoms with Crippen molar-refractivity contribution in [3.05, 3.63) is 0 Å². The molecule has 1 nitrogen and oxygen atoms in total.